The van der Waals surface area contributed by atoms with Crippen molar-refractivity contribution in [2.75, 3.05) is 13.1 Å². The van der Waals surface area contributed by atoms with Gasteiger partial charge < -0.3 is 0 Å². The fourth-order valence-electron chi connectivity index (χ4n) is 5.46. The Bertz CT molecular complexity index is 1240. The van der Waals surface area contributed by atoms with Gasteiger partial charge >= 0.3 is 0 Å². The molecule has 0 amide bonds. The molecule has 2 aliphatic heterocycles. The molecule has 5 rings (SSSR count). The monoisotopic (exact) mass is 451 g/mol. The van der Waals surface area contributed by atoms with Crippen molar-refractivity contribution in [2.45, 2.75) is 53.1 Å². The van der Waals surface area contributed by atoms with E-state index in [0.29, 0.717) is 18.9 Å². The lowest BCUT2D eigenvalue weighted by molar-refractivity contribution is 0.0912. The standard InChI is InChI=1S/C30H33N3O/c1-20-6-4-7-21(2)28(20)19-33-13-5-8-23(18-33)15-29(34)24-9-10-26-17-32-30(27(26)16-24)25-11-12-31-22(3)14-25/h4,6-7,9-12,14,16,23H,5,8,13,15,17-19H2,1-3H3/t23-/m0/s1. The molecule has 0 bridgehead atoms. The van der Waals surface area contributed by atoms with Gasteiger partial charge in [0.05, 0.1) is 12.3 Å². The van der Waals surface area contributed by atoms with E-state index in [2.05, 4.69) is 60.1 Å². The molecular formula is C30H33N3O. The maximum Gasteiger partial charge on any atom is 0.163 e. The third kappa shape index (κ3) is 4.74. The Kier molecular flexibility index (Phi) is 6.42. The predicted octanol–water partition coefficient (Wildman–Crippen LogP) is 5.84. The lowest BCUT2D eigenvalue weighted by Gasteiger charge is -2.33. The number of rotatable bonds is 6. The van der Waals surface area contributed by atoms with Gasteiger partial charge in [-0.25, -0.2) is 0 Å². The van der Waals surface area contributed by atoms with Gasteiger partial charge in [-0.3, -0.25) is 19.7 Å². The van der Waals surface area contributed by atoms with Gasteiger partial charge in [0.1, 0.15) is 0 Å². The molecule has 3 heterocycles. The summed E-state index contributed by atoms with van der Waals surface area (Å²) in [6.45, 7) is 10.2. The molecule has 0 spiro atoms. The maximum absolute atomic E-state index is 13.3. The van der Waals surface area contributed by atoms with Crippen LogP contribution in [-0.2, 0) is 13.1 Å². The number of pyridine rings is 1. The van der Waals surface area contributed by atoms with E-state index < -0.39 is 0 Å². The van der Waals surface area contributed by atoms with Gasteiger partial charge in [0.2, 0.25) is 0 Å². The SMILES string of the molecule is Cc1cc(C2=NCc3ccc(C(=O)C[C@@H]4CCCN(Cc5c(C)cccc5C)C4)cc32)ccn1. The van der Waals surface area contributed by atoms with Crippen LogP contribution in [0.5, 0.6) is 0 Å². The smallest absolute Gasteiger partial charge is 0.163 e. The van der Waals surface area contributed by atoms with Crippen LogP contribution in [-0.4, -0.2) is 34.5 Å². The summed E-state index contributed by atoms with van der Waals surface area (Å²) in [7, 11) is 0. The Morgan fingerprint density at radius 2 is 1.88 bits per heavy atom. The highest BCUT2D eigenvalue weighted by Crippen LogP contribution is 2.28. The molecule has 0 unspecified atom stereocenters. The minimum Gasteiger partial charge on any atom is -0.299 e. The first-order chi connectivity index (χ1) is 16.5. The summed E-state index contributed by atoms with van der Waals surface area (Å²) in [4.78, 5) is 24.9. The molecule has 1 aromatic heterocycles. The molecule has 34 heavy (non-hydrogen) atoms. The lowest BCUT2D eigenvalue weighted by Crippen LogP contribution is -2.36. The highest BCUT2D eigenvalue weighted by atomic mass is 16.1. The van der Waals surface area contributed by atoms with E-state index >= 15 is 0 Å². The summed E-state index contributed by atoms with van der Waals surface area (Å²) in [5.74, 6) is 0.661. The minimum absolute atomic E-state index is 0.249. The highest BCUT2D eigenvalue weighted by molar-refractivity contribution is 6.16. The Hall–Kier alpha value is -3.11. The third-order valence-electron chi connectivity index (χ3n) is 7.37. The number of aliphatic imine (C=N–C) groups is 1. The maximum atomic E-state index is 13.3. The van der Waals surface area contributed by atoms with E-state index in [4.69, 9.17) is 4.99 Å². The number of hydrogen-bond acceptors (Lipinski definition) is 4. The molecule has 174 valence electrons. The van der Waals surface area contributed by atoms with Gasteiger partial charge in [0.25, 0.3) is 0 Å². The van der Waals surface area contributed by atoms with Gasteiger partial charge in [-0.1, -0.05) is 30.3 Å². The van der Waals surface area contributed by atoms with Crippen molar-refractivity contribution in [3.05, 3.63) is 99.4 Å². The van der Waals surface area contributed by atoms with E-state index in [1.54, 1.807) is 0 Å². The molecule has 2 aliphatic rings. The summed E-state index contributed by atoms with van der Waals surface area (Å²) < 4.78 is 0. The Labute approximate surface area is 202 Å². The van der Waals surface area contributed by atoms with E-state index in [0.717, 1.165) is 60.6 Å². The number of carbonyl (C=O) groups excluding carboxylic acids is 1. The minimum atomic E-state index is 0.249. The molecule has 0 aliphatic carbocycles. The first-order valence-electron chi connectivity index (χ1n) is 12.4. The summed E-state index contributed by atoms with van der Waals surface area (Å²) in [6.07, 6.45) is 4.73. The lowest BCUT2D eigenvalue weighted by atomic mass is 9.89. The van der Waals surface area contributed by atoms with Gasteiger partial charge in [-0.05, 0) is 86.5 Å². The van der Waals surface area contributed by atoms with Gasteiger partial charge in [-0.2, -0.15) is 0 Å². The number of aromatic nitrogens is 1. The van der Waals surface area contributed by atoms with Crippen molar-refractivity contribution >= 4 is 11.5 Å². The van der Waals surface area contributed by atoms with E-state index in [9.17, 15) is 4.79 Å². The number of ketones is 1. The van der Waals surface area contributed by atoms with Crippen molar-refractivity contribution in [3.63, 3.8) is 0 Å². The normalized spacial score (nSPS) is 18.0. The molecule has 2 aromatic carbocycles. The number of benzene rings is 2. The summed E-state index contributed by atoms with van der Waals surface area (Å²) in [5.41, 5.74) is 10.3. The second kappa shape index (κ2) is 9.63. The van der Waals surface area contributed by atoms with Crippen LogP contribution in [0.2, 0.25) is 0 Å². The number of piperidine rings is 1. The zero-order chi connectivity index (χ0) is 23.7. The van der Waals surface area contributed by atoms with Crippen molar-refractivity contribution in [2.24, 2.45) is 10.9 Å². The molecule has 3 aromatic rings. The molecule has 1 fully saturated rings. The van der Waals surface area contributed by atoms with Crippen LogP contribution in [0.25, 0.3) is 0 Å². The molecule has 0 N–H and O–H groups in total. The van der Waals surface area contributed by atoms with Crippen LogP contribution >= 0.6 is 0 Å². The first kappa shape index (κ1) is 22.7. The number of Topliss-reactive ketones (excluding diaryl/α,β-unsaturated/α-hetero) is 1. The third-order valence-corrected chi connectivity index (χ3v) is 7.37. The number of hydrogen-bond donors (Lipinski definition) is 0. The van der Waals surface area contributed by atoms with Crippen LogP contribution in [0.1, 0.15) is 68.7 Å². The molecule has 4 heteroatoms. The van der Waals surface area contributed by atoms with Crippen LogP contribution in [0.15, 0.2) is 59.7 Å². The fraction of sp³-hybridized carbons (Fsp3) is 0.367. The molecule has 1 atom stereocenters. The predicted molar refractivity (Wildman–Crippen MR) is 138 cm³/mol. The quantitative estimate of drug-likeness (QED) is 0.442. The van der Waals surface area contributed by atoms with Crippen molar-refractivity contribution in [1.29, 1.82) is 0 Å². The Balaban J connectivity index is 1.28. The number of nitrogens with zero attached hydrogens (tertiary/aromatic N) is 3. The number of carbonyl (C=O) groups is 1. The summed E-state index contributed by atoms with van der Waals surface area (Å²) in [6, 6.07) is 16.7. The fourth-order valence-corrected chi connectivity index (χ4v) is 5.46. The Morgan fingerprint density at radius 1 is 1.06 bits per heavy atom. The Morgan fingerprint density at radius 3 is 2.68 bits per heavy atom. The first-order valence-corrected chi connectivity index (χ1v) is 12.4. The molecular weight excluding hydrogens is 418 g/mol. The van der Waals surface area contributed by atoms with E-state index in [-0.39, 0.29) is 5.78 Å². The molecule has 4 nitrogen and oxygen atoms in total. The second-order valence-corrected chi connectivity index (χ2v) is 9.96. The van der Waals surface area contributed by atoms with Crippen molar-refractivity contribution in [3.8, 4) is 0 Å². The summed E-state index contributed by atoms with van der Waals surface area (Å²) >= 11 is 0. The number of fused-ring (bicyclic) bond motifs is 1. The van der Waals surface area contributed by atoms with Crippen molar-refractivity contribution in [1.82, 2.24) is 9.88 Å². The van der Waals surface area contributed by atoms with Crippen LogP contribution < -0.4 is 0 Å². The summed E-state index contributed by atoms with van der Waals surface area (Å²) in [5, 5.41) is 0. The van der Waals surface area contributed by atoms with Crippen LogP contribution in [0.3, 0.4) is 0 Å². The van der Waals surface area contributed by atoms with Gasteiger partial charge in [-0.15, -0.1) is 0 Å². The van der Waals surface area contributed by atoms with Gasteiger partial charge in [0.15, 0.2) is 5.78 Å². The average Bonchev–Trinajstić information content (AvgIpc) is 3.25. The number of aryl methyl sites for hydroxylation is 3. The topological polar surface area (TPSA) is 45.6 Å². The number of likely N-dealkylation sites (tertiary alicyclic amines) is 1. The molecule has 0 radical (unpaired) electrons. The largest absolute Gasteiger partial charge is 0.299 e. The molecule has 0 saturated carbocycles. The van der Waals surface area contributed by atoms with Gasteiger partial charge in [0, 0.05) is 48.1 Å². The van der Waals surface area contributed by atoms with Crippen molar-refractivity contribution < 1.29 is 4.79 Å². The highest BCUT2D eigenvalue weighted by Gasteiger charge is 2.25. The van der Waals surface area contributed by atoms with E-state index in [1.165, 1.54) is 22.3 Å². The van der Waals surface area contributed by atoms with Crippen LogP contribution in [0.4, 0.5) is 0 Å². The average molecular weight is 452 g/mol. The van der Waals surface area contributed by atoms with E-state index in [1.807, 2.05) is 25.3 Å². The second-order valence-electron chi connectivity index (χ2n) is 9.96. The zero-order valence-corrected chi connectivity index (χ0v) is 20.5. The zero-order valence-electron chi connectivity index (χ0n) is 20.5. The van der Waals surface area contributed by atoms with Crippen LogP contribution in [0, 0.1) is 26.7 Å². The molecule has 1 saturated heterocycles.